The van der Waals surface area contributed by atoms with E-state index in [1.165, 1.54) is 25.8 Å². The molecule has 0 radical (unpaired) electrons. The molecule has 3 unspecified atom stereocenters. The van der Waals surface area contributed by atoms with Crippen LogP contribution in [0, 0.1) is 11.8 Å². The van der Waals surface area contributed by atoms with Crippen molar-refractivity contribution in [3.63, 3.8) is 0 Å². The van der Waals surface area contributed by atoms with E-state index in [0.717, 1.165) is 30.8 Å². The number of nitrogens with zero attached hydrogens (tertiary/aromatic N) is 1. The number of fused-ring (bicyclic) bond motifs is 1. The molecular formula is C13H23BrN2O. The highest BCUT2D eigenvalue weighted by atomic mass is 79.9. The summed E-state index contributed by atoms with van der Waals surface area (Å²) in [6, 6.07) is 0.467. The molecule has 0 bridgehead atoms. The number of carbonyl (C=O) groups is 1. The van der Waals surface area contributed by atoms with Crippen molar-refractivity contribution >= 4 is 21.8 Å². The number of carbonyl (C=O) groups excluding carboxylic acids is 1. The largest absolute Gasteiger partial charge is 0.354 e. The summed E-state index contributed by atoms with van der Waals surface area (Å²) >= 11 is 3.62. The Bertz CT molecular complexity index is 272. The number of hydrogen-bond donors (Lipinski definition) is 1. The lowest BCUT2D eigenvalue weighted by Crippen LogP contribution is -2.47. The zero-order valence-corrected chi connectivity index (χ0v) is 12.2. The second-order valence-corrected chi connectivity index (χ2v) is 6.01. The molecule has 17 heavy (non-hydrogen) atoms. The van der Waals surface area contributed by atoms with Crippen LogP contribution in [0.2, 0.25) is 0 Å². The van der Waals surface area contributed by atoms with Crippen LogP contribution in [0.5, 0.6) is 0 Å². The Morgan fingerprint density at radius 3 is 3.12 bits per heavy atom. The third-order valence-corrected chi connectivity index (χ3v) is 5.04. The lowest BCUT2D eigenvalue weighted by molar-refractivity contribution is -0.124. The molecule has 1 amide bonds. The topological polar surface area (TPSA) is 32.3 Å². The fourth-order valence-corrected chi connectivity index (χ4v) is 3.75. The van der Waals surface area contributed by atoms with Crippen molar-refractivity contribution in [3.05, 3.63) is 0 Å². The van der Waals surface area contributed by atoms with Gasteiger partial charge < -0.3 is 5.32 Å². The van der Waals surface area contributed by atoms with E-state index in [1.54, 1.807) is 0 Å². The standard InChI is InChI=1S/C13H23BrN2O/c1-2-4-10(7-14)9-16-6-3-5-11-12(16)8-15-13(11)17/h10-12H,2-9H2,1H3,(H,15,17). The third kappa shape index (κ3) is 3.02. The van der Waals surface area contributed by atoms with Crippen molar-refractivity contribution in [3.8, 4) is 0 Å². The highest BCUT2D eigenvalue weighted by molar-refractivity contribution is 9.09. The molecule has 98 valence electrons. The van der Waals surface area contributed by atoms with E-state index in [2.05, 4.69) is 33.1 Å². The summed E-state index contributed by atoms with van der Waals surface area (Å²) in [7, 11) is 0. The number of halogens is 1. The molecule has 0 aliphatic carbocycles. The second-order valence-electron chi connectivity index (χ2n) is 5.37. The van der Waals surface area contributed by atoms with Crippen molar-refractivity contribution in [1.82, 2.24) is 10.2 Å². The molecule has 2 rings (SSSR count). The summed E-state index contributed by atoms with van der Waals surface area (Å²) in [5.74, 6) is 1.28. The van der Waals surface area contributed by atoms with Gasteiger partial charge in [-0.1, -0.05) is 29.3 Å². The molecule has 0 aromatic heterocycles. The summed E-state index contributed by atoms with van der Waals surface area (Å²) < 4.78 is 0. The van der Waals surface area contributed by atoms with E-state index in [1.807, 2.05) is 0 Å². The maximum atomic E-state index is 11.7. The van der Waals surface area contributed by atoms with Gasteiger partial charge in [0.1, 0.15) is 0 Å². The molecule has 2 saturated heterocycles. The Kier molecular flexibility index (Phi) is 4.86. The van der Waals surface area contributed by atoms with E-state index >= 15 is 0 Å². The predicted molar refractivity (Wildman–Crippen MR) is 73.3 cm³/mol. The van der Waals surface area contributed by atoms with Crippen molar-refractivity contribution in [1.29, 1.82) is 0 Å². The number of rotatable bonds is 5. The fourth-order valence-electron chi connectivity index (χ4n) is 3.22. The molecule has 2 fully saturated rings. The summed E-state index contributed by atoms with van der Waals surface area (Å²) in [5, 5.41) is 4.10. The van der Waals surface area contributed by atoms with Gasteiger partial charge in [-0.2, -0.15) is 0 Å². The molecule has 0 aromatic carbocycles. The number of hydrogen-bond acceptors (Lipinski definition) is 2. The summed E-state index contributed by atoms with van der Waals surface area (Å²) in [6.45, 7) is 5.43. The minimum Gasteiger partial charge on any atom is -0.354 e. The lowest BCUT2D eigenvalue weighted by atomic mass is 9.90. The van der Waals surface area contributed by atoms with Gasteiger partial charge in [0, 0.05) is 24.5 Å². The van der Waals surface area contributed by atoms with E-state index in [0.29, 0.717) is 6.04 Å². The van der Waals surface area contributed by atoms with Crippen molar-refractivity contribution in [2.75, 3.05) is 25.0 Å². The highest BCUT2D eigenvalue weighted by Gasteiger charge is 2.40. The number of alkyl halides is 1. The van der Waals surface area contributed by atoms with Crippen LogP contribution in [0.4, 0.5) is 0 Å². The highest BCUT2D eigenvalue weighted by Crippen LogP contribution is 2.28. The van der Waals surface area contributed by atoms with Crippen molar-refractivity contribution in [2.45, 2.75) is 38.6 Å². The van der Waals surface area contributed by atoms with Gasteiger partial charge in [-0.15, -0.1) is 0 Å². The van der Waals surface area contributed by atoms with Crippen LogP contribution in [-0.2, 0) is 4.79 Å². The van der Waals surface area contributed by atoms with Gasteiger partial charge in [-0.3, -0.25) is 9.69 Å². The van der Waals surface area contributed by atoms with Gasteiger partial charge in [0.25, 0.3) is 0 Å². The fraction of sp³-hybridized carbons (Fsp3) is 0.923. The molecular weight excluding hydrogens is 280 g/mol. The monoisotopic (exact) mass is 302 g/mol. The quantitative estimate of drug-likeness (QED) is 0.788. The Morgan fingerprint density at radius 1 is 1.59 bits per heavy atom. The molecule has 0 aromatic rings. The van der Waals surface area contributed by atoms with Crippen LogP contribution in [-0.4, -0.2) is 41.8 Å². The molecule has 2 aliphatic heterocycles. The van der Waals surface area contributed by atoms with Crippen LogP contribution >= 0.6 is 15.9 Å². The predicted octanol–water partition coefficient (Wildman–Crippen LogP) is 2.01. The van der Waals surface area contributed by atoms with Gasteiger partial charge in [-0.25, -0.2) is 0 Å². The van der Waals surface area contributed by atoms with Crippen LogP contribution in [0.25, 0.3) is 0 Å². The Hall–Kier alpha value is -0.0900. The van der Waals surface area contributed by atoms with Crippen molar-refractivity contribution in [2.24, 2.45) is 11.8 Å². The molecule has 2 heterocycles. The molecule has 4 heteroatoms. The lowest BCUT2D eigenvalue weighted by Gasteiger charge is -2.37. The number of amides is 1. The minimum atomic E-state index is 0.265. The summed E-state index contributed by atoms with van der Waals surface area (Å²) in [6.07, 6.45) is 4.78. The van der Waals surface area contributed by atoms with E-state index in [-0.39, 0.29) is 11.8 Å². The summed E-state index contributed by atoms with van der Waals surface area (Å²) in [5.41, 5.74) is 0. The van der Waals surface area contributed by atoms with E-state index < -0.39 is 0 Å². The first-order chi connectivity index (χ1) is 8.26. The maximum absolute atomic E-state index is 11.7. The van der Waals surface area contributed by atoms with Crippen LogP contribution in [0.15, 0.2) is 0 Å². The molecule has 0 saturated carbocycles. The normalized spacial score (nSPS) is 31.1. The SMILES string of the molecule is CCCC(CBr)CN1CCCC2C(=O)NCC21. The van der Waals surface area contributed by atoms with Gasteiger partial charge in [0.2, 0.25) is 5.91 Å². The van der Waals surface area contributed by atoms with E-state index in [4.69, 9.17) is 0 Å². The number of likely N-dealkylation sites (tertiary alicyclic amines) is 1. The first kappa shape index (κ1) is 13.3. The van der Waals surface area contributed by atoms with Crippen LogP contribution in [0.1, 0.15) is 32.6 Å². The molecule has 1 N–H and O–H groups in total. The smallest absolute Gasteiger partial charge is 0.224 e. The minimum absolute atomic E-state index is 0.265. The van der Waals surface area contributed by atoms with Gasteiger partial charge in [0.15, 0.2) is 0 Å². The van der Waals surface area contributed by atoms with Gasteiger partial charge in [0.05, 0.1) is 5.92 Å². The first-order valence-corrected chi connectivity index (χ1v) is 7.96. The van der Waals surface area contributed by atoms with Crippen molar-refractivity contribution < 1.29 is 4.79 Å². The average Bonchev–Trinajstić information content (AvgIpc) is 2.72. The Balaban J connectivity index is 1.93. The molecule has 2 aliphatic rings. The zero-order valence-electron chi connectivity index (χ0n) is 10.6. The van der Waals surface area contributed by atoms with Crippen LogP contribution < -0.4 is 5.32 Å². The van der Waals surface area contributed by atoms with E-state index in [9.17, 15) is 4.79 Å². The third-order valence-electron chi connectivity index (χ3n) is 4.12. The molecule has 3 nitrogen and oxygen atoms in total. The maximum Gasteiger partial charge on any atom is 0.224 e. The molecule has 0 spiro atoms. The summed E-state index contributed by atoms with van der Waals surface area (Å²) in [4.78, 5) is 14.2. The first-order valence-electron chi connectivity index (χ1n) is 6.84. The van der Waals surface area contributed by atoms with Gasteiger partial charge >= 0.3 is 0 Å². The van der Waals surface area contributed by atoms with Crippen LogP contribution in [0.3, 0.4) is 0 Å². The second kappa shape index (κ2) is 6.19. The Labute approximate surface area is 112 Å². The molecule has 3 atom stereocenters. The zero-order chi connectivity index (χ0) is 12.3. The number of nitrogens with one attached hydrogen (secondary N) is 1. The average molecular weight is 303 g/mol. The van der Waals surface area contributed by atoms with Gasteiger partial charge in [-0.05, 0) is 31.7 Å². The Morgan fingerprint density at radius 2 is 2.41 bits per heavy atom. The number of piperidine rings is 1.